The minimum absolute atomic E-state index is 0.0734. The van der Waals surface area contributed by atoms with Gasteiger partial charge < -0.3 is 14.8 Å². The molecule has 1 amide bonds. The number of benzene rings is 3. The molecule has 0 aliphatic carbocycles. The molecule has 0 bridgehead atoms. The maximum Gasteiger partial charge on any atom is 0.230 e. The van der Waals surface area contributed by atoms with Crippen LogP contribution in [0.15, 0.2) is 84.0 Å². The molecule has 0 fully saturated rings. The number of aromatic nitrogens is 3. The second-order valence-electron chi connectivity index (χ2n) is 7.59. The van der Waals surface area contributed by atoms with Crippen molar-refractivity contribution in [2.75, 3.05) is 12.9 Å². The van der Waals surface area contributed by atoms with Crippen molar-refractivity contribution < 1.29 is 14.3 Å². The molecule has 3 aromatic carbocycles. The second kappa shape index (κ2) is 11.4. The average molecular weight is 475 g/mol. The van der Waals surface area contributed by atoms with E-state index in [1.165, 1.54) is 11.8 Å². The number of hydrogen-bond acceptors (Lipinski definition) is 6. The van der Waals surface area contributed by atoms with E-state index in [1.807, 2.05) is 90.4 Å². The van der Waals surface area contributed by atoms with E-state index in [-0.39, 0.29) is 18.3 Å². The number of carbonyl (C=O) groups is 1. The molecule has 4 aromatic rings. The highest BCUT2D eigenvalue weighted by Gasteiger charge is 2.17. The minimum atomic E-state index is -0.0734. The molecular formula is C26H26N4O3S. The van der Waals surface area contributed by atoms with E-state index in [2.05, 4.69) is 15.5 Å². The Hall–Kier alpha value is -3.78. The maximum atomic E-state index is 12.4. The average Bonchev–Trinajstić information content (AvgIpc) is 3.28. The van der Waals surface area contributed by atoms with Gasteiger partial charge in [-0.3, -0.25) is 9.36 Å². The van der Waals surface area contributed by atoms with Crippen molar-refractivity contribution in [1.82, 2.24) is 20.1 Å². The Balaban J connectivity index is 1.48. The molecule has 174 valence electrons. The number of rotatable bonds is 10. The molecule has 0 saturated heterocycles. The molecule has 0 aliphatic heterocycles. The summed E-state index contributed by atoms with van der Waals surface area (Å²) < 4.78 is 13.2. The number of ether oxygens (including phenoxy) is 2. The Labute approximate surface area is 203 Å². The van der Waals surface area contributed by atoms with Gasteiger partial charge >= 0.3 is 0 Å². The van der Waals surface area contributed by atoms with Gasteiger partial charge in [0.05, 0.1) is 12.9 Å². The molecule has 0 atom stereocenters. The summed E-state index contributed by atoms with van der Waals surface area (Å²) >= 11 is 1.33. The Bertz CT molecular complexity index is 1230. The number of nitrogens with zero attached hydrogens (tertiary/aromatic N) is 3. The van der Waals surface area contributed by atoms with E-state index in [1.54, 1.807) is 7.11 Å². The first-order valence-corrected chi connectivity index (χ1v) is 11.8. The van der Waals surface area contributed by atoms with Gasteiger partial charge in [0.25, 0.3) is 0 Å². The van der Waals surface area contributed by atoms with Gasteiger partial charge in [-0.2, -0.15) is 0 Å². The van der Waals surface area contributed by atoms with Gasteiger partial charge in [0, 0.05) is 12.2 Å². The summed E-state index contributed by atoms with van der Waals surface area (Å²) in [7, 11) is 1.63. The first-order valence-electron chi connectivity index (χ1n) is 10.8. The molecule has 1 aromatic heterocycles. The fourth-order valence-corrected chi connectivity index (χ4v) is 4.11. The number of nitrogens with one attached hydrogen (secondary N) is 1. The molecule has 0 aliphatic rings. The Kier molecular flexibility index (Phi) is 7.83. The predicted molar refractivity (Wildman–Crippen MR) is 132 cm³/mol. The SMILES string of the molecule is COc1ccc(-n2c(COc3cccc(C)c3)nnc2SCC(=O)NCc2ccccc2)cc1. The summed E-state index contributed by atoms with van der Waals surface area (Å²) in [6.07, 6.45) is 0. The summed E-state index contributed by atoms with van der Waals surface area (Å²) in [6, 6.07) is 25.3. The Morgan fingerprint density at radius 1 is 0.971 bits per heavy atom. The van der Waals surface area contributed by atoms with E-state index >= 15 is 0 Å². The fraction of sp³-hybridized carbons (Fsp3) is 0.192. The number of hydrogen-bond donors (Lipinski definition) is 1. The highest BCUT2D eigenvalue weighted by molar-refractivity contribution is 7.99. The van der Waals surface area contributed by atoms with Gasteiger partial charge in [-0.05, 0) is 54.4 Å². The molecular weight excluding hydrogens is 448 g/mol. The van der Waals surface area contributed by atoms with Crippen molar-refractivity contribution in [2.45, 2.75) is 25.2 Å². The van der Waals surface area contributed by atoms with Crippen LogP contribution in [0.1, 0.15) is 17.0 Å². The summed E-state index contributed by atoms with van der Waals surface area (Å²) in [5, 5.41) is 12.2. The van der Waals surface area contributed by atoms with E-state index in [9.17, 15) is 4.79 Å². The van der Waals surface area contributed by atoms with Gasteiger partial charge in [-0.25, -0.2) is 0 Å². The molecule has 7 nitrogen and oxygen atoms in total. The molecule has 1 heterocycles. The number of thioether (sulfide) groups is 1. The van der Waals surface area contributed by atoms with E-state index < -0.39 is 0 Å². The van der Waals surface area contributed by atoms with Crippen LogP contribution in [0.25, 0.3) is 5.69 Å². The number of methoxy groups -OCH3 is 1. The molecule has 0 spiro atoms. The smallest absolute Gasteiger partial charge is 0.230 e. The zero-order valence-corrected chi connectivity index (χ0v) is 19.9. The third-order valence-corrected chi connectivity index (χ3v) is 5.98. The topological polar surface area (TPSA) is 78.3 Å². The highest BCUT2D eigenvalue weighted by Crippen LogP contribution is 2.25. The fourth-order valence-electron chi connectivity index (χ4n) is 3.31. The van der Waals surface area contributed by atoms with Crippen molar-refractivity contribution in [1.29, 1.82) is 0 Å². The van der Waals surface area contributed by atoms with Gasteiger partial charge in [-0.15, -0.1) is 10.2 Å². The summed E-state index contributed by atoms with van der Waals surface area (Å²) in [5.41, 5.74) is 3.03. The van der Waals surface area contributed by atoms with Crippen LogP contribution in [0.3, 0.4) is 0 Å². The zero-order chi connectivity index (χ0) is 23.8. The third kappa shape index (κ3) is 6.17. The third-order valence-electron chi connectivity index (χ3n) is 5.05. The lowest BCUT2D eigenvalue weighted by molar-refractivity contribution is -0.118. The van der Waals surface area contributed by atoms with Crippen LogP contribution in [-0.4, -0.2) is 33.5 Å². The summed E-state index contributed by atoms with van der Waals surface area (Å²) in [4.78, 5) is 12.4. The van der Waals surface area contributed by atoms with Crippen LogP contribution in [0, 0.1) is 6.92 Å². The Morgan fingerprint density at radius 2 is 1.76 bits per heavy atom. The largest absolute Gasteiger partial charge is 0.497 e. The van der Waals surface area contributed by atoms with Crippen LogP contribution in [0.5, 0.6) is 11.5 Å². The number of carbonyl (C=O) groups excluding carboxylic acids is 1. The van der Waals surface area contributed by atoms with Crippen molar-refractivity contribution in [2.24, 2.45) is 0 Å². The lowest BCUT2D eigenvalue weighted by atomic mass is 10.2. The number of amides is 1. The van der Waals surface area contributed by atoms with Crippen LogP contribution in [0.2, 0.25) is 0 Å². The number of aryl methyl sites for hydroxylation is 1. The van der Waals surface area contributed by atoms with Crippen molar-refractivity contribution in [3.8, 4) is 17.2 Å². The van der Waals surface area contributed by atoms with Crippen molar-refractivity contribution in [3.05, 3.63) is 95.8 Å². The van der Waals surface area contributed by atoms with E-state index in [4.69, 9.17) is 9.47 Å². The molecule has 1 N–H and O–H groups in total. The molecule has 4 rings (SSSR count). The predicted octanol–water partition coefficient (Wildman–Crippen LogP) is 4.57. The van der Waals surface area contributed by atoms with Gasteiger partial charge in [0.15, 0.2) is 11.0 Å². The quantitative estimate of drug-likeness (QED) is 0.339. The summed E-state index contributed by atoms with van der Waals surface area (Å²) in [6.45, 7) is 2.74. The van der Waals surface area contributed by atoms with Crippen molar-refractivity contribution >= 4 is 17.7 Å². The lowest BCUT2D eigenvalue weighted by Crippen LogP contribution is -2.24. The minimum Gasteiger partial charge on any atom is -0.497 e. The molecule has 8 heteroatoms. The highest BCUT2D eigenvalue weighted by atomic mass is 32.2. The standard InChI is InChI=1S/C26H26N4O3S/c1-19-7-6-10-23(15-19)33-17-24-28-29-26(30(24)21-11-13-22(32-2)14-12-21)34-18-25(31)27-16-20-8-4-3-5-9-20/h3-15H,16-18H2,1-2H3,(H,27,31). The molecule has 0 unspecified atom stereocenters. The second-order valence-corrected chi connectivity index (χ2v) is 8.53. The van der Waals surface area contributed by atoms with Gasteiger partial charge in [0.2, 0.25) is 5.91 Å². The normalized spacial score (nSPS) is 10.6. The monoisotopic (exact) mass is 474 g/mol. The lowest BCUT2D eigenvalue weighted by Gasteiger charge is -2.12. The van der Waals surface area contributed by atoms with Crippen LogP contribution >= 0.6 is 11.8 Å². The molecule has 0 saturated carbocycles. The van der Waals surface area contributed by atoms with E-state index in [0.29, 0.717) is 17.5 Å². The van der Waals surface area contributed by atoms with Crippen LogP contribution in [0.4, 0.5) is 0 Å². The molecule has 0 radical (unpaired) electrons. The first kappa shape index (κ1) is 23.4. The van der Waals surface area contributed by atoms with E-state index in [0.717, 1.165) is 28.3 Å². The zero-order valence-electron chi connectivity index (χ0n) is 19.1. The first-order chi connectivity index (χ1) is 16.6. The maximum absolute atomic E-state index is 12.4. The Morgan fingerprint density at radius 3 is 2.50 bits per heavy atom. The van der Waals surface area contributed by atoms with Gasteiger partial charge in [-0.1, -0.05) is 54.2 Å². The molecule has 34 heavy (non-hydrogen) atoms. The van der Waals surface area contributed by atoms with Crippen LogP contribution in [-0.2, 0) is 17.9 Å². The van der Waals surface area contributed by atoms with Gasteiger partial charge in [0.1, 0.15) is 18.1 Å². The summed E-state index contributed by atoms with van der Waals surface area (Å²) in [5.74, 6) is 2.30. The van der Waals surface area contributed by atoms with Crippen LogP contribution < -0.4 is 14.8 Å². The van der Waals surface area contributed by atoms with Crippen molar-refractivity contribution in [3.63, 3.8) is 0 Å².